The molecule has 0 aromatic heterocycles. The van der Waals surface area contributed by atoms with Crippen molar-refractivity contribution in [1.82, 2.24) is 4.90 Å². The fourth-order valence-electron chi connectivity index (χ4n) is 2.80. The van der Waals surface area contributed by atoms with Gasteiger partial charge in [0, 0.05) is 6.42 Å². The lowest BCUT2D eigenvalue weighted by molar-refractivity contribution is -0.131. The van der Waals surface area contributed by atoms with E-state index in [1.165, 1.54) is 0 Å². The maximum absolute atomic E-state index is 12.7. The molecule has 3 heteroatoms. The number of ether oxygens (including phenoxy) is 1. The van der Waals surface area contributed by atoms with Gasteiger partial charge < -0.3 is 4.74 Å². The Kier molecular flexibility index (Phi) is 5.19. The van der Waals surface area contributed by atoms with E-state index in [-0.39, 0.29) is 11.3 Å². The van der Waals surface area contributed by atoms with E-state index < -0.39 is 0 Å². The van der Waals surface area contributed by atoms with Crippen LogP contribution < -0.4 is 0 Å². The summed E-state index contributed by atoms with van der Waals surface area (Å²) in [5.41, 5.74) is -0.375. The number of carbonyl (C=O) groups excluding carboxylic acids is 1. The summed E-state index contributed by atoms with van der Waals surface area (Å²) in [5.74, 6) is 0.754. The van der Waals surface area contributed by atoms with E-state index >= 15 is 0 Å². The average Bonchev–Trinajstić information content (AvgIpc) is 2.89. The Hall–Kier alpha value is -0.830. The van der Waals surface area contributed by atoms with Crippen molar-refractivity contribution in [3.63, 3.8) is 0 Å². The summed E-state index contributed by atoms with van der Waals surface area (Å²) in [7, 11) is 0. The molecule has 0 aromatic rings. The summed E-state index contributed by atoms with van der Waals surface area (Å²) >= 11 is 0. The van der Waals surface area contributed by atoms with Crippen LogP contribution in [0.3, 0.4) is 0 Å². The van der Waals surface area contributed by atoms with Crippen molar-refractivity contribution in [2.45, 2.75) is 52.5 Å². The Morgan fingerprint density at radius 3 is 2.24 bits per heavy atom. The molecule has 0 aliphatic carbocycles. The molecule has 1 rings (SSSR count). The number of Topliss-reactive ketones (excluding diaryl/α,β-unsaturated/α-hetero) is 1. The molecular formula is C14H25NO2. The van der Waals surface area contributed by atoms with Gasteiger partial charge in [-0.25, -0.2) is 0 Å². The van der Waals surface area contributed by atoms with E-state index in [1.54, 1.807) is 0 Å². The molecule has 1 heterocycles. The standard InChI is InChI=1S/C14H25NO2/c1-5-14(6-2,15(7-3)8-4)13(16)12-10-9-11-17-12/h10H,5-9,11H2,1-4H3. The van der Waals surface area contributed by atoms with Crippen LogP contribution in [0.1, 0.15) is 47.0 Å². The molecule has 0 unspecified atom stereocenters. The van der Waals surface area contributed by atoms with Crippen molar-refractivity contribution >= 4 is 5.78 Å². The average molecular weight is 239 g/mol. The number of ketones is 1. The summed E-state index contributed by atoms with van der Waals surface area (Å²) < 4.78 is 5.45. The molecule has 98 valence electrons. The van der Waals surface area contributed by atoms with Crippen LogP contribution in [0.4, 0.5) is 0 Å². The van der Waals surface area contributed by atoms with Gasteiger partial charge in [-0.3, -0.25) is 9.69 Å². The van der Waals surface area contributed by atoms with Crippen molar-refractivity contribution < 1.29 is 9.53 Å². The van der Waals surface area contributed by atoms with Gasteiger partial charge in [-0.15, -0.1) is 0 Å². The molecule has 0 atom stereocenters. The minimum Gasteiger partial charge on any atom is -0.490 e. The molecule has 17 heavy (non-hydrogen) atoms. The number of hydrogen-bond acceptors (Lipinski definition) is 3. The highest BCUT2D eigenvalue weighted by Crippen LogP contribution is 2.29. The minimum atomic E-state index is -0.375. The van der Waals surface area contributed by atoms with E-state index in [0.717, 1.165) is 32.4 Å². The third kappa shape index (κ3) is 2.54. The lowest BCUT2D eigenvalue weighted by Gasteiger charge is -2.40. The van der Waals surface area contributed by atoms with Crippen LogP contribution in [-0.4, -0.2) is 35.9 Å². The van der Waals surface area contributed by atoms with Gasteiger partial charge in [0.2, 0.25) is 5.78 Å². The maximum atomic E-state index is 12.7. The summed E-state index contributed by atoms with van der Waals surface area (Å²) in [6.45, 7) is 10.9. The van der Waals surface area contributed by atoms with Gasteiger partial charge in [0.05, 0.1) is 12.1 Å². The van der Waals surface area contributed by atoms with Crippen molar-refractivity contribution in [1.29, 1.82) is 0 Å². The Labute approximate surface area is 105 Å². The Morgan fingerprint density at radius 1 is 1.29 bits per heavy atom. The summed E-state index contributed by atoms with van der Waals surface area (Å²) in [6, 6.07) is 0. The fraction of sp³-hybridized carbons (Fsp3) is 0.786. The van der Waals surface area contributed by atoms with E-state index in [4.69, 9.17) is 4.74 Å². The molecule has 0 fully saturated rings. The predicted octanol–water partition coefficient (Wildman–Crippen LogP) is 2.76. The normalized spacial score (nSPS) is 15.9. The first-order chi connectivity index (χ1) is 8.16. The first kappa shape index (κ1) is 14.2. The molecular weight excluding hydrogens is 214 g/mol. The lowest BCUT2D eigenvalue weighted by atomic mass is 9.84. The smallest absolute Gasteiger partial charge is 0.217 e. The van der Waals surface area contributed by atoms with Crippen molar-refractivity contribution in [3.8, 4) is 0 Å². The molecule has 0 saturated heterocycles. The highest BCUT2D eigenvalue weighted by Gasteiger charge is 2.42. The van der Waals surface area contributed by atoms with Gasteiger partial charge in [0.25, 0.3) is 0 Å². The zero-order valence-electron chi connectivity index (χ0n) is 11.6. The highest BCUT2D eigenvalue weighted by atomic mass is 16.5. The van der Waals surface area contributed by atoms with Gasteiger partial charge in [-0.05, 0) is 32.0 Å². The minimum absolute atomic E-state index is 0.170. The molecule has 0 N–H and O–H groups in total. The fourth-order valence-corrected chi connectivity index (χ4v) is 2.80. The monoisotopic (exact) mass is 239 g/mol. The second-order valence-electron chi connectivity index (χ2n) is 4.45. The first-order valence-electron chi connectivity index (χ1n) is 6.79. The zero-order chi connectivity index (χ0) is 12.9. The van der Waals surface area contributed by atoms with Crippen molar-refractivity contribution in [2.24, 2.45) is 0 Å². The number of nitrogens with zero attached hydrogens (tertiary/aromatic N) is 1. The van der Waals surface area contributed by atoms with Gasteiger partial charge >= 0.3 is 0 Å². The van der Waals surface area contributed by atoms with Crippen LogP contribution in [0.5, 0.6) is 0 Å². The quantitative estimate of drug-likeness (QED) is 0.684. The number of likely N-dealkylation sites (N-methyl/N-ethyl adjacent to an activating group) is 1. The maximum Gasteiger partial charge on any atom is 0.217 e. The topological polar surface area (TPSA) is 29.5 Å². The summed E-state index contributed by atoms with van der Waals surface area (Å²) in [6.07, 6.45) is 4.48. The largest absolute Gasteiger partial charge is 0.490 e. The SMILES string of the molecule is CCN(CC)C(CC)(CC)C(=O)C1=CCCO1. The Balaban J connectivity index is 3.00. The van der Waals surface area contributed by atoms with E-state index in [0.29, 0.717) is 12.4 Å². The summed E-state index contributed by atoms with van der Waals surface area (Å²) in [4.78, 5) is 14.9. The van der Waals surface area contributed by atoms with Gasteiger partial charge in [-0.2, -0.15) is 0 Å². The van der Waals surface area contributed by atoms with Crippen LogP contribution in [0, 0.1) is 0 Å². The Bertz CT molecular complexity index is 289. The second kappa shape index (κ2) is 6.20. The lowest BCUT2D eigenvalue weighted by Crippen LogP contribution is -2.54. The van der Waals surface area contributed by atoms with Crippen LogP contribution in [0.15, 0.2) is 11.8 Å². The van der Waals surface area contributed by atoms with Gasteiger partial charge in [-0.1, -0.05) is 27.7 Å². The van der Waals surface area contributed by atoms with E-state index in [1.807, 2.05) is 6.08 Å². The molecule has 1 aliphatic rings. The summed E-state index contributed by atoms with van der Waals surface area (Å²) in [5, 5.41) is 0. The molecule has 0 spiro atoms. The van der Waals surface area contributed by atoms with Gasteiger partial charge in [0.15, 0.2) is 5.76 Å². The van der Waals surface area contributed by atoms with Crippen LogP contribution in [0.2, 0.25) is 0 Å². The molecule has 0 radical (unpaired) electrons. The van der Waals surface area contributed by atoms with E-state index in [2.05, 4.69) is 32.6 Å². The third-order valence-corrected chi connectivity index (χ3v) is 3.89. The highest BCUT2D eigenvalue weighted by molar-refractivity contribution is 6.01. The molecule has 1 aliphatic heterocycles. The first-order valence-corrected chi connectivity index (χ1v) is 6.79. The van der Waals surface area contributed by atoms with Gasteiger partial charge in [0.1, 0.15) is 0 Å². The third-order valence-electron chi connectivity index (χ3n) is 3.89. The predicted molar refractivity (Wildman–Crippen MR) is 69.9 cm³/mol. The molecule has 0 bridgehead atoms. The van der Waals surface area contributed by atoms with Crippen molar-refractivity contribution in [2.75, 3.05) is 19.7 Å². The number of carbonyl (C=O) groups is 1. The van der Waals surface area contributed by atoms with Crippen molar-refractivity contribution in [3.05, 3.63) is 11.8 Å². The van der Waals surface area contributed by atoms with Crippen LogP contribution in [-0.2, 0) is 9.53 Å². The van der Waals surface area contributed by atoms with Crippen LogP contribution >= 0.6 is 0 Å². The van der Waals surface area contributed by atoms with E-state index in [9.17, 15) is 4.79 Å². The number of rotatable bonds is 7. The zero-order valence-corrected chi connectivity index (χ0v) is 11.6. The molecule has 0 aromatic carbocycles. The Morgan fingerprint density at radius 2 is 1.88 bits per heavy atom. The molecule has 0 amide bonds. The van der Waals surface area contributed by atoms with Crippen LogP contribution in [0.25, 0.3) is 0 Å². The molecule has 3 nitrogen and oxygen atoms in total. The second-order valence-corrected chi connectivity index (χ2v) is 4.45. The molecule has 0 saturated carbocycles. The number of hydrogen-bond donors (Lipinski definition) is 0.